The van der Waals surface area contributed by atoms with Crippen LogP contribution in [0.25, 0.3) is 0 Å². The number of ether oxygens (including phenoxy) is 1. The third kappa shape index (κ3) is 6.19. The first-order valence-electron chi connectivity index (χ1n) is 7.98. The number of ketones is 1. The number of halogens is 1. The van der Waals surface area contributed by atoms with Gasteiger partial charge in [-0.15, -0.1) is 0 Å². The zero-order valence-electron chi connectivity index (χ0n) is 14.8. The summed E-state index contributed by atoms with van der Waals surface area (Å²) in [6.07, 6.45) is 0. The number of hydrogen-bond acceptors (Lipinski definition) is 7. The van der Waals surface area contributed by atoms with Crippen LogP contribution in [0.3, 0.4) is 0 Å². The molecule has 0 heterocycles. The van der Waals surface area contributed by atoms with Crippen molar-refractivity contribution in [3.63, 3.8) is 0 Å². The van der Waals surface area contributed by atoms with Crippen LogP contribution in [0, 0.1) is 5.82 Å². The summed E-state index contributed by atoms with van der Waals surface area (Å²) >= 11 is 1.20. The average molecular weight is 391 g/mol. The molecule has 0 amide bonds. The molecular weight excluding hydrogens is 373 g/mol. The normalized spacial score (nSPS) is 11.2. The lowest BCUT2D eigenvalue weighted by atomic mass is 10.1. The lowest BCUT2D eigenvalue weighted by Gasteiger charge is -2.07. The largest absolute Gasteiger partial charge is 0.491 e. The fraction of sp³-hybridized carbons (Fsp3) is 0.211. The predicted molar refractivity (Wildman–Crippen MR) is 98.8 cm³/mol. The fourth-order valence-electron chi connectivity index (χ4n) is 2.00. The average Bonchev–Trinajstić information content (AvgIpc) is 2.66. The van der Waals surface area contributed by atoms with Crippen molar-refractivity contribution in [3.05, 3.63) is 53.8 Å². The van der Waals surface area contributed by atoms with Gasteiger partial charge in [-0.25, -0.2) is 9.18 Å². The third-order valence-corrected chi connectivity index (χ3v) is 4.30. The number of hydrogen-bond donors (Lipinski definition) is 1. The minimum absolute atomic E-state index is 0.0523. The van der Waals surface area contributed by atoms with Crippen LogP contribution < -0.4 is 4.74 Å². The molecule has 0 aromatic heterocycles. The van der Waals surface area contributed by atoms with Crippen LogP contribution in [0.5, 0.6) is 5.75 Å². The Kier molecular flexibility index (Phi) is 7.51. The van der Waals surface area contributed by atoms with Gasteiger partial charge in [0.2, 0.25) is 5.78 Å². The van der Waals surface area contributed by atoms with Gasteiger partial charge in [0, 0.05) is 22.3 Å². The minimum atomic E-state index is -0.646. The third-order valence-electron chi connectivity index (χ3n) is 3.25. The molecule has 0 aliphatic heterocycles. The molecule has 8 heteroatoms. The minimum Gasteiger partial charge on any atom is -0.491 e. The summed E-state index contributed by atoms with van der Waals surface area (Å²) in [5, 5.41) is 12.1. The number of Topliss-reactive ketones (excluding diaryl/α,β-unsaturated/α-hetero) is 1. The maximum Gasteiger partial charge on any atom is 0.331 e. The smallest absolute Gasteiger partial charge is 0.331 e. The van der Waals surface area contributed by atoms with Gasteiger partial charge in [0.1, 0.15) is 23.9 Å². The molecule has 0 bridgehead atoms. The molecule has 0 spiro atoms. The van der Waals surface area contributed by atoms with Gasteiger partial charge in [-0.2, -0.15) is 0 Å². The highest BCUT2D eigenvalue weighted by molar-refractivity contribution is 7.99. The Labute approximate surface area is 160 Å². The van der Waals surface area contributed by atoms with Gasteiger partial charge in [-0.05, 0) is 49.4 Å². The van der Waals surface area contributed by atoms with Gasteiger partial charge in [-0.1, -0.05) is 16.9 Å². The molecular formula is C19H18FNO5S. The summed E-state index contributed by atoms with van der Waals surface area (Å²) in [6, 6.07) is 11.1. The second-order valence-corrected chi connectivity index (χ2v) is 6.49. The van der Waals surface area contributed by atoms with E-state index < -0.39 is 17.6 Å². The van der Waals surface area contributed by atoms with Gasteiger partial charge in [0.25, 0.3) is 0 Å². The molecule has 27 heavy (non-hydrogen) atoms. The van der Waals surface area contributed by atoms with Crippen LogP contribution in [0.2, 0.25) is 0 Å². The van der Waals surface area contributed by atoms with Crippen molar-refractivity contribution < 1.29 is 28.7 Å². The van der Waals surface area contributed by atoms with Gasteiger partial charge in [0.15, 0.2) is 0 Å². The zero-order valence-corrected chi connectivity index (χ0v) is 15.6. The van der Waals surface area contributed by atoms with Crippen molar-refractivity contribution >= 4 is 29.2 Å². The highest BCUT2D eigenvalue weighted by Crippen LogP contribution is 2.31. The Balaban J connectivity index is 2.09. The molecule has 142 valence electrons. The molecule has 0 saturated heterocycles. The predicted octanol–water partition coefficient (Wildman–Crippen LogP) is 3.47. The number of nitrogens with zero attached hydrogens (tertiary/aromatic N) is 1. The Morgan fingerprint density at radius 3 is 2.44 bits per heavy atom. The number of carbonyl (C=O) groups is 2. The van der Waals surface area contributed by atoms with Crippen molar-refractivity contribution in [2.45, 2.75) is 23.6 Å². The van der Waals surface area contributed by atoms with Crippen LogP contribution in [-0.4, -0.2) is 35.8 Å². The van der Waals surface area contributed by atoms with Crippen molar-refractivity contribution in [2.75, 3.05) is 13.2 Å². The first kappa shape index (κ1) is 20.6. The molecule has 0 unspecified atom stereocenters. The van der Waals surface area contributed by atoms with Crippen molar-refractivity contribution in [1.82, 2.24) is 0 Å². The van der Waals surface area contributed by atoms with E-state index in [2.05, 4.69) is 9.99 Å². The number of oxime groups is 1. The monoisotopic (exact) mass is 391 g/mol. The van der Waals surface area contributed by atoms with Crippen molar-refractivity contribution in [1.29, 1.82) is 0 Å². The summed E-state index contributed by atoms with van der Waals surface area (Å²) in [4.78, 5) is 28.5. The number of benzene rings is 2. The van der Waals surface area contributed by atoms with Crippen molar-refractivity contribution in [2.24, 2.45) is 5.16 Å². The second-order valence-electron chi connectivity index (χ2n) is 5.38. The number of aliphatic hydroxyl groups excluding tert-OH is 1. The van der Waals surface area contributed by atoms with E-state index >= 15 is 0 Å². The molecule has 6 nitrogen and oxygen atoms in total. The van der Waals surface area contributed by atoms with Gasteiger partial charge in [0.05, 0.1) is 6.61 Å². The zero-order chi connectivity index (χ0) is 19.8. The molecule has 2 aromatic rings. The molecule has 2 rings (SSSR count). The van der Waals surface area contributed by atoms with E-state index in [0.29, 0.717) is 10.6 Å². The van der Waals surface area contributed by atoms with Crippen LogP contribution in [0.15, 0.2) is 57.4 Å². The fourth-order valence-corrected chi connectivity index (χ4v) is 2.82. The lowest BCUT2D eigenvalue weighted by Crippen LogP contribution is -2.12. The van der Waals surface area contributed by atoms with Crippen LogP contribution in [0.1, 0.15) is 24.2 Å². The summed E-state index contributed by atoms with van der Waals surface area (Å²) in [5.41, 5.74) is 0.0569. The molecule has 0 aliphatic rings. The summed E-state index contributed by atoms with van der Waals surface area (Å²) in [6.45, 7) is 2.68. The number of aliphatic hydroxyl groups is 1. The Morgan fingerprint density at radius 2 is 1.85 bits per heavy atom. The quantitative estimate of drug-likeness (QED) is 0.321. The Bertz CT molecular complexity index is 852. The van der Waals surface area contributed by atoms with E-state index in [1.54, 1.807) is 24.3 Å². The maximum absolute atomic E-state index is 14.4. The summed E-state index contributed by atoms with van der Waals surface area (Å²) < 4.78 is 19.6. The number of carbonyl (C=O) groups excluding carboxylic acids is 2. The van der Waals surface area contributed by atoms with E-state index in [1.807, 2.05) is 0 Å². The molecule has 0 aliphatic carbocycles. The first-order valence-corrected chi connectivity index (χ1v) is 8.80. The highest BCUT2D eigenvalue weighted by atomic mass is 32.2. The topological polar surface area (TPSA) is 85.2 Å². The van der Waals surface area contributed by atoms with Gasteiger partial charge >= 0.3 is 5.97 Å². The van der Waals surface area contributed by atoms with Crippen LogP contribution >= 0.6 is 11.8 Å². The van der Waals surface area contributed by atoms with E-state index in [4.69, 9.17) is 9.84 Å². The highest BCUT2D eigenvalue weighted by Gasteiger charge is 2.14. The molecule has 0 saturated carbocycles. The number of rotatable bonds is 8. The molecule has 2 aromatic carbocycles. The first-order chi connectivity index (χ1) is 12.9. The molecule has 0 radical (unpaired) electrons. The van der Waals surface area contributed by atoms with E-state index in [0.717, 1.165) is 17.9 Å². The SMILES string of the molecule is CC(=O)ON=C(C)C(=O)c1ccc(Sc2ccc(OCCO)cc2)c(F)c1. The van der Waals surface area contributed by atoms with Gasteiger partial charge in [-0.3, -0.25) is 4.79 Å². The summed E-state index contributed by atoms with van der Waals surface area (Å²) in [7, 11) is 0. The second kappa shape index (κ2) is 9.84. The molecule has 1 N–H and O–H groups in total. The summed E-state index contributed by atoms with van der Waals surface area (Å²) in [5.74, 6) is -1.12. The van der Waals surface area contributed by atoms with E-state index in [9.17, 15) is 14.0 Å². The lowest BCUT2D eigenvalue weighted by molar-refractivity contribution is -0.140. The Hall–Kier alpha value is -2.71. The van der Waals surface area contributed by atoms with Gasteiger partial charge < -0.3 is 14.7 Å². The van der Waals surface area contributed by atoms with Crippen molar-refractivity contribution in [3.8, 4) is 5.75 Å². The van der Waals surface area contributed by atoms with Crippen LogP contribution in [0.4, 0.5) is 4.39 Å². The molecule has 0 atom stereocenters. The van der Waals surface area contributed by atoms with E-state index in [1.165, 1.54) is 30.8 Å². The maximum atomic E-state index is 14.4. The standard InChI is InChI=1S/C19H18FNO5S/c1-12(21-26-13(2)23)19(24)14-3-8-18(17(20)11-14)27-16-6-4-15(5-7-16)25-10-9-22/h3-8,11,22H,9-10H2,1-2H3. The molecule has 0 fully saturated rings. The Morgan fingerprint density at radius 1 is 1.15 bits per heavy atom. The van der Waals surface area contributed by atoms with Crippen LogP contribution in [-0.2, 0) is 9.63 Å². The van der Waals surface area contributed by atoms with E-state index in [-0.39, 0.29) is 24.5 Å².